The van der Waals surface area contributed by atoms with Crippen molar-refractivity contribution in [3.05, 3.63) is 99.5 Å². The number of benzene rings is 3. The number of likely N-dealkylation sites (tertiary alicyclic amines) is 1. The van der Waals surface area contributed by atoms with Gasteiger partial charge in [-0.25, -0.2) is 8.78 Å². The van der Waals surface area contributed by atoms with Crippen molar-refractivity contribution in [3.8, 4) is 0 Å². The van der Waals surface area contributed by atoms with Gasteiger partial charge in [0.2, 0.25) is 5.91 Å². The van der Waals surface area contributed by atoms with Gasteiger partial charge in [0.05, 0.1) is 12.1 Å². The van der Waals surface area contributed by atoms with Crippen molar-refractivity contribution >= 4 is 34.8 Å². The number of carbonyl (C=O) groups excluding carboxylic acids is 1. The summed E-state index contributed by atoms with van der Waals surface area (Å²) in [5.74, 6) is -1.85. The highest BCUT2D eigenvalue weighted by Gasteiger charge is 2.49. The fourth-order valence-electron chi connectivity index (χ4n) is 4.58. The Balaban J connectivity index is 1.71. The molecule has 0 spiro atoms. The zero-order valence-electron chi connectivity index (χ0n) is 17.9. The van der Waals surface area contributed by atoms with E-state index in [1.54, 1.807) is 24.3 Å². The third-order valence-electron chi connectivity index (χ3n) is 6.03. The molecule has 4 nitrogen and oxygen atoms in total. The van der Waals surface area contributed by atoms with Crippen LogP contribution in [0.3, 0.4) is 0 Å². The SMILES string of the molecule is CCN(c1cc(F)cc(F)c1)C1CN(C(c2ccc(Cl)cc2)c2ccc(Cl)cc2)C1C(N)=O. The van der Waals surface area contributed by atoms with E-state index in [0.717, 1.165) is 17.2 Å². The van der Waals surface area contributed by atoms with Gasteiger partial charge in [0, 0.05) is 34.9 Å². The third-order valence-corrected chi connectivity index (χ3v) is 6.54. The molecule has 1 fully saturated rings. The molecular weight excluding hydrogens is 467 g/mol. The van der Waals surface area contributed by atoms with Gasteiger partial charge in [0.25, 0.3) is 0 Å². The molecular formula is C25H23Cl2F2N3O. The average molecular weight is 490 g/mol. The molecule has 33 heavy (non-hydrogen) atoms. The Morgan fingerprint density at radius 1 is 1.00 bits per heavy atom. The van der Waals surface area contributed by atoms with Crippen molar-refractivity contribution in [1.82, 2.24) is 4.90 Å². The van der Waals surface area contributed by atoms with E-state index in [1.165, 1.54) is 12.1 Å². The van der Waals surface area contributed by atoms with Crippen LogP contribution in [0.4, 0.5) is 14.5 Å². The summed E-state index contributed by atoms with van der Waals surface area (Å²) in [6.45, 7) is 2.80. The van der Waals surface area contributed by atoms with Gasteiger partial charge in [-0.2, -0.15) is 0 Å². The van der Waals surface area contributed by atoms with Gasteiger partial charge in [-0.15, -0.1) is 0 Å². The second kappa shape index (κ2) is 9.67. The monoisotopic (exact) mass is 489 g/mol. The van der Waals surface area contributed by atoms with Crippen molar-refractivity contribution in [2.24, 2.45) is 5.73 Å². The first-order valence-electron chi connectivity index (χ1n) is 10.6. The summed E-state index contributed by atoms with van der Waals surface area (Å²) in [6, 6.07) is 16.9. The third kappa shape index (κ3) is 4.83. The number of hydrogen-bond donors (Lipinski definition) is 1. The molecule has 172 valence electrons. The minimum atomic E-state index is -0.673. The van der Waals surface area contributed by atoms with Gasteiger partial charge < -0.3 is 10.6 Å². The van der Waals surface area contributed by atoms with Crippen molar-refractivity contribution in [2.75, 3.05) is 18.0 Å². The molecule has 1 aliphatic heterocycles. The second-order valence-corrected chi connectivity index (χ2v) is 8.90. The Labute approximate surface area is 201 Å². The highest BCUT2D eigenvalue weighted by Crippen LogP contribution is 2.39. The van der Waals surface area contributed by atoms with Crippen molar-refractivity contribution in [1.29, 1.82) is 0 Å². The number of nitrogens with zero attached hydrogens (tertiary/aromatic N) is 2. The molecule has 0 aromatic heterocycles. The predicted octanol–water partition coefficient (Wildman–Crippen LogP) is 5.43. The number of halogens is 4. The summed E-state index contributed by atoms with van der Waals surface area (Å²) in [7, 11) is 0. The maximum Gasteiger partial charge on any atom is 0.237 e. The second-order valence-electron chi connectivity index (χ2n) is 8.03. The van der Waals surface area contributed by atoms with Gasteiger partial charge in [0.1, 0.15) is 17.7 Å². The van der Waals surface area contributed by atoms with Crippen LogP contribution >= 0.6 is 23.2 Å². The molecule has 0 bridgehead atoms. The molecule has 1 aliphatic rings. The number of amides is 1. The highest BCUT2D eigenvalue weighted by molar-refractivity contribution is 6.30. The van der Waals surface area contributed by atoms with Crippen LogP contribution in [0.2, 0.25) is 10.0 Å². The molecule has 0 saturated carbocycles. The number of nitrogens with two attached hydrogens (primary N) is 1. The van der Waals surface area contributed by atoms with E-state index in [9.17, 15) is 13.6 Å². The average Bonchev–Trinajstić information content (AvgIpc) is 2.74. The lowest BCUT2D eigenvalue weighted by molar-refractivity contribution is -0.130. The lowest BCUT2D eigenvalue weighted by atomic mass is 9.86. The van der Waals surface area contributed by atoms with Gasteiger partial charge in [-0.05, 0) is 54.4 Å². The van der Waals surface area contributed by atoms with Crippen LogP contribution in [-0.4, -0.2) is 36.0 Å². The lowest BCUT2D eigenvalue weighted by Gasteiger charge is -2.54. The molecule has 0 radical (unpaired) electrons. The molecule has 3 aromatic carbocycles. The van der Waals surface area contributed by atoms with Crippen LogP contribution in [0.1, 0.15) is 24.1 Å². The highest BCUT2D eigenvalue weighted by atomic mass is 35.5. The zero-order chi connectivity index (χ0) is 23.7. The van der Waals surface area contributed by atoms with Crippen LogP contribution in [0.5, 0.6) is 0 Å². The zero-order valence-corrected chi connectivity index (χ0v) is 19.4. The topological polar surface area (TPSA) is 49.6 Å². The smallest absolute Gasteiger partial charge is 0.237 e. The molecule has 4 rings (SSSR count). The Kier molecular flexibility index (Phi) is 6.88. The number of carbonyl (C=O) groups is 1. The Bertz CT molecular complexity index is 1080. The Hall–Kier alpha value is -2.67. The van der Waals surface area contributed by atoms with Crippen molar-refractivity contribution in [3.63, 3.8) is 0 Å². The van der Waals surface area contributed by atoms with Crippen LogP contribution < -0.4 is 10.6 Å². The lowest BCUT2D eigenvalue weighted by Crippen LogP contribution is -2.71. The molecule has 2 N–H and O–H groups in total. The van der Waals surface area contributed by atoms with Gasteiger partial charge in [-0.3, -0.25) is 9.69 Å². The first kappa shape index (κ1) is 23.5. The van der Waals surface area contributed by atoms with Crippen molar-refractivity contribution in [2.45, 2.75) is 25.0 Å². The molecule has 0 aliphatic carbocycles. The largest absolute Gasteiger partial charge is 0.368 e. The van der Waals surface area contributed by atoms with E-state index in [2.05, 4.69) is 0 Å². The number of hydrogen-bond acceptors (Lipinski definition) is 3. The molecule has 2 atom stereocenters. The predicted molar refractivity (Wildman–Crippen MR) is 128 cm³/mol. The summed E-state index contributed by atoms with van der Waals surface area (Å²) in [4.78, 5) is 16.4. The van der Waals surface area contributed by atoms with Gasteiger partial charge in [0.15, 0.2) is 0 Å². The fourth-order valence-corrected chi connectivity index (χ4v) is 4.83. The molecule has 1 heterocycles. The molecule has 1 amide bonds. The van der Waals surface area contributed by atoms with Gasteiger partial charge in [-0.1, -0.05) is 47.5 Å². The normalized spacial score (nSPS) is 18.2. The molecule has 3 aromatic rings. The van der Waals surface area contributed by atoms with E-state index in [4.69, 9.17) is 28.9 Å². The quantitative estimate of drug-likeness (QED) is 0.481. The van der Waals surface area contributed by atoms with E-state index in [1.807, 2.05) is 41.0 Å². The van der Waals surface area contributed by atoms with Crippen LogP contribution in [0.25, 0.3) is 0 Å². The summed E-state index contributed by atoms with van der Waals surface area (Å²) >= 11 is 12.2. The Morgan fingerprint density at radius 3 is 1.91 bits per heavy atom. The van der Waals surface area contributed by atoms with Crippen LogP contribution in [0.15, 0.2) is 66.7 Å². The minimum Gasteiger partial charge on any atom is -0.368 e. The summed E-state index contributed by atoms with van der Waals surface area (Å²) < 4.78 is 27.8. The van der Waals surface area contributed by atoms with Gasteiger partial charge >= 0.3 is 0 Å². The number of rotatable bonds is 7. The summed E-state index contributed by atoms with van der Waals surface area (Å²) in [6.07, 6.45) is 0. The van der Waals surface area contributed by atoms with E-state index in [0.29, 0.717) is 28.8 Å². The first-order valence-corrected chi connectivity index (χ1v) is 11.3. The summed E-state index contributed by atoms with van der Waals surface area (Å²) in [5.41, 5.74) is 8.10. The molecule has 8 heteroatoms. The maximum absolute atomic E-state index is 13.9. The van der Waals surface area contributed by atoms with Crippen LogP contribution in [-0.2, 0) is 4.79 Å². The number of primary amides is 1. The van der Waals surface area contributed by atoms with Crippen molar-refractivity contribution < 1.29 is 13.6 Å². The molecule has 1 saturated heterocycles. The first-order chi connectivity index (χ1) is 15.8. The van der Waals surface area contributed by atoms with E-state index in [-0.39, 0.29) is 12.1 Å². The summed E-state index contributed by atoms with van der Waals surface area (Å²) in [5, 5.41) is 1.21. The standard InChI is InChI=1S/C25H23Cl2F2N3O/c1-2-31(21-12-19(28)11-20(29)13-21)22-14-32(24(22)25(30)33)23(15-3-7-17(26)8-4-15)16-5-9-18(27)10-6-16/h3-13,22-24H,2,14H2,1H3,(H2,30,33). The fraction of sp³-hybridized carbons (Fsp3) is 0.240. The van der Waals surface area contributed by atoms with E-state index >= 15 is 0 Å². The minimum absolute atomic E-state index is 0.281. The number of anilines is 1. The maximum atomic E-state index is 13.9. The van der Waals surface area contributed by atoms with Crippen LogP contribution in [0, 0.1) is 11.6 Å². The number of likely N-dealkylation sites (N-methyl/N-ethyl adjacent to an activating group) is 1. The Morgan fingerprint density at radius 2 is 1.48 bits per heavy atom. The molecule has 2 unspecified atom stereocenters. The van der Waals surface area contributed by atoms with E-state index < -0.39 is 23.6 Å².